The summed E-state index contributed by atoms with van der Waals surface area (Å²) in [6.07, 6.45) is 0. The Hall–Kier alpha value is -2.32. The number of carboxylic acid groups (broad SMARTS) is 1. The lowest BCUT2D eigenvalue weighted by Gasteiger charge is -2.21. The van der Waals surface area contributed by atoms with Crippen LogP contribution in [0.15, 0.2) is 24.3 Å². The maximum absolute atomic E-state index is 11.2. The fraction of sp³-hybridized carbons (Fsp3) is 0.429. The molecule has 2 heterocycles. The predicted molar refractivity (Wildman–Crippen MR) is 78.9 cm³/mol. The summed E-state index contributed by atoms with van der Waals surface area (Å²) in [4.78, 5) is 13.4. The highest BCUT2D eigenvalue weighted by atomic mass is 16.4. The summed E-state index contributed by atoms with van der Waals surface area (Å²) in [5, 5.41) is 26.2. The van der Waals surface area contributed by atoms with Crippen LogP contribution >= 0.6 is 0 Å². The number of carboxylic acids is 1. The Morgan fingerprint density at radius 1 is 1.36 bits per heavy atom. The number of rotatable bonds is 4. The fourth-order valence-corrected chi connectivity index (χ4v) is 2.59. The number of nitrogens with zero attached hydrogens (tertiary/aromatic N) is 4. The van der Waals surface area contributed by atoms with E-state index in [0.29, 0.717) is 18.9 Å². The molecular formula is C14H18N6O2. The van der Waals surface area contributed by atoms with Crippen LogP contribution in [0.4, 0.5) is 0 Å². The Balaban J connectivity index is 1.66. The second kappa shape index (κ2) is 6.63. The Kier molecular flexibility index (Phi) is 4.40. The number of aliphatic carboxylic acids is 1. The highest BCUT2D eigenvalue weighted by Gasteiger charge is 2.23. The SMILES string of the molecule is O=C(O)C1CNCCN(Cc2ccc(-c3nn[nH]n3)cc2)C1. The Morgan fingerprint density at radius 2 is 2.18 bits per heavy atom. The second-order valence-corrected chi connectivity index (χ2v) is 5.41. The number of hydrogen-bond donors (Lipinski definition) is 3. The van der Waals surface area contributed by atoms with Gasteiger partial charge in [0.25, 0.3) is 0 Å². The Morgan fingerprint density at radius 3 is 2.86 bits per heavy atom. The van der Waals surface area contributed by atoms with E-state index in [2.05, 4.69) is 30.8 Å². The molecule has 0 spiro atoms. The summed E-state index contributed by atoms with van der Waals surface area (Å²) in [5.41, 5.74) is 2.04. The molecule has 3 N–H and O–H groups in total. The highest BCUT2D eigenvalue weighted by molar-refractivity contribution is 5.70. The molecule has 1 saturated heterocycles. The fourth-order valence-electron chi connectivity index (χ4n) is 2.59. The van der Waals surface area contributed by atoms with Gasteiger partial charge in [-0.1, -0.05) is 24.3 Å². The minimum Gasteiger partial charge on any atom is -0.481 e. The molecule has 1 atom stereocenters. The normalized spacial score (nSPS) is 19.7. The molecule has 0 radical (unpaired) electrons. The van der Waals surface area contributed by atoms with E-state index >= 15 is 0 Å². The molecule has 1 aromatic heterocycles. The molecule has 1 aromatic carbocycles. The number of hydrogen-bond acceptors (Lipinski definition) is 6. The number of aromatic amines is 1. The standard InChI is InChI=1S/C14H18N6O2/c21-14(22)12-7-15-5-6-20(9-12)8-10-1-3-11(4-2-10)13-16-18-19-17-13/h1-4,12,15H,5-9H2,(H,21,22)(H,16,17,18,19). The van der Waals surface area contributed by atoms with Gasteiger partial charge in [-0.05, 0) is 10.8 Å². The minimum absolute atomic E-state index is 0.360. The third-order valence-electron chi connectivity index (χ3n) is 3.79. The lowest BCUT2D eigenvalue weighted by atomic mass is 10.1. The Bertz CT molecular complexity index is 613. The highest BCUT2D eigenvalue weighted by Crippen LogP contribution is 2.16. The molecule has 8 heteroatoms. The van der Waals surface area contributed by atoms with Crippen molar-refractivity contribution in [2.24, 2.45) is 5.92 Å². The summed E-state index contributed by atoms with van der Waals surface area (Å²) in [5.74, 6) is -0.538. The first kappa shape index (κ1) is 14.6. The molecule has 3 rings (SSSR count). The van der Waals surface area contributed by atoms with Crippen molar-refractivity contribution in [3.05, 3.63) is 29.8 Å². The third-order valence-corrected chi connectivity index (χ3v) is 3.79. The molecule has 8 nitrogen and oxygen atoms in total. The zero-order valence-corrected chi connectivity index (χ0v) is 12.1. The van der Waals surface area contributed by atoms with E-state index in [9.17, 15) is 9.90 Å². The lowest BCUT2D eigenvalue weighted by molar-refractivity contribution is -0.142. The van der Waals surface area contributed by atoms with Crippen molar-refractivity contribution in [2.45, 2.75) is 6.54 Å². The first-order valence-corrected chi connectivity index (χ1v) is 7.21. The summed E-state index contributed by atoms with van der Waals surface area (Å²) >= 11 is 0. The average Bonchev–Trinajstić information content (AvgIpc) is 2.95. The molecule has 0 amide bonds. The first-order chi connectivity index (χ1) is 10.7. The van der Waals surface area contributed by atoms with Gasteiger partial charge in [0, 0.05) is 38.3 Å². The molecule has 0 aliphatic carbocycles. The maximum Gasteiger partial charge on any atom is 0.309 e. The number of H-pyrrole nitrogens is 1. The van der Waals surface area contributed by atoms with Crippen molar-refractivity contribution in [3.63, 3.8) is 0 Å². The largest absolute Gasteiger partial charge is 0.481 e. The summed E-state index contributed by atoms with van der Waals surface area (Å²) in [6, 6.07) is 7.93. The van der Waals surface area contributed by atoms with Gasteiger partial charge in [-0.2, -0.15) is 5.21 Å². The number of nitrogens with one attached hydrogen (secondary N) is 2. The zero-order valence-electron chi connectivity index (χ0n) is 12.1. The van der Waals surface area contributed by atoms with Crippen LogP contribution in [0.3, 0.4) is 0 Å². The van der Waals surface area contributed by atoms with Crippen LogP contribution in [0.5, 0.6) is 0 Å². The molecule has 1 aliphatic rings. The molecular weight excluding hydrogens is 284 g/mol. The third kappa shape index (κ3) is 3.46. The second-order valence-electron chi connectivity index (χ2n) is 5.41. The van der Waals surface area contributed by atoms with E-state index in [1.807, 2.05) is 24.3 Å². The van der Waals surface area contributed by atoms with Gasteiger partial charge in [0.05, 0.1) is 5.92 Å². The quantitative estimate of drug-likeness (QED) is 0.728. The van der Waals surface area contributed by atoms with Gasteiger partial charge in [-0.15, -0.1) is 10.2 Å². The maximum atomic E-state index is 11.2. The van der Waals surface area contributed by atoms with Gasteiger partial charge in [0.15, 0.2) is 0 Å². The van der Waals surface area contributed by atoms with Crippen molar-refractivity contribution in [3.8, 4) is 11.4 Å². The van der Waals surface area contributed by atoms with E-state index in [-0.39, 0.29) is 5.92 Å². The van der Waals surface area contributed by atoms with E-state index in [1.165, 1.54) is 0 Å². The van der Waals surface area contributed by atoms with Crippen LogP contribution < -0.4 is 5.32 Å². The van der Waals surface area contributed by atoms with Gasteiger partial charge in [-0.3, -0.25) is 9.69 Å². The van der Waals surface area contributed by atoms with Crippen LogP contribution in [-0.2, 0) is 11.3 Å². The molecule has 1 unspecified atom stereocenters. The van der Waals surface area contributed by atoms with Gasteiger partial charge in [0.2, 0.25) is 5.82 Å². The van der Waals surface area contributed by atoms with Crippen molar-refractivity contribution in [1.82, 2.24) is 30.8 Å². The first-order valence-electron chi connectivity index (χ1n) is 7.21. The van der Waals surface area contributed by atoms with Gasteiger partial charge in [0.1, 0.15) is 0 Å². The van der Waals surface area contributed by atoms with Crippen LogP contribution in [-0.4, -0.2) is 62.8 Å². The lowest BCUT2D eigenvalue weighted by Crippen LogP contribution is -2.33. The zero-order chi connectivity index (χ0) is 15.4. The Labute approximate surface area is 127 Å². The van der Waals surface area contributed by atoms with E-state index in [0.717, 1.165) is 30.8 Å². The number of aromatic nitrogens is 4. The van der Waals surface area contributed by atoms with Gasteiger partial charge in [-0.25, -0.2) is 0 Å². The number of benzene rings is 1. The molecule has 2 aromatic rings. The van der Waals surface area contributed by atoms with E-state index in [4.69, 9.17) is 0 Å². The van der Waals surface area contributed by atoms with Crippen LogP contribution in [0.25, 0.3) is 11.4 Å². The van der Waals surface area contributed by atoms with Crippen LogP contribution in [0, 0.1) is 5.92 Å². The topological polar surface area (TPSA) is 107 Å². The molecule has 0 saturated carbocycles. The molecule has 116 valence electrons. The van der Waals surface area contributed by atoms with Crippen molar-refractivity contribution < 1.29 is 9.90 Å². The predicted octanol–water partition coefficient (Wildman–Crippen LogP) is -0.0273. The smallest absolute Gasteiger partial charge is 0.309 e. The minimum atomic E-state index is -0.744. The van der Waals surface area contributed by atoms with Crippen LogP contribution in [0.1, 0.15) is 5.56 Å². The van der Waals surface area contributed by atoms with Crippen molar-refractivity contribution in [1.29, 1.82) is 0 Å². The summed E-state index contributed by atoms with van der Waals surface area (Å²) in [7, 11) is 0. The molecule has 0 bridgehead atoms. The summed E-state index contributed by atoms with van der Waals surface area (Å²) in [6.45, 7) is 3.48. The van der Waals surface area contributed by atoms with Crippen molar-refractivity contribution in [2.75, 3.05) is 26.2 Å². The summed E-state index contributed by atoms with van der Waals surface area (Å²) < 4.78 is 0. The average molecular weight is 302 g/mol. The van der Waals surface area contributed by atoms with Gasteiger partial charge >= 0.3 is 5.97 Å². The molecule has 1 aliphatic heterocycles. The monoisotopic (exact) mass is 302 g/mol. The van der Waals surface area contributed by atoms with Gasteiger partial charge < -0.3 is 10.4 Å². The van der Waals surface area contributed by atoms with Crippen LogP contribution in [0.2, 0.25) is 0 Å². The molecule has 1 fully saturated rings. The number of carbonyl (C=O) groups is 1. The van der Waals surface area contributed by atoms with E-state index in [1.54, 1.807) is 0 Å². The van der Waals surface area contributed by atoms with Crippen molar-refractivity contribution >= 4 is 5.97 Å². The molecule has 22 heavy (non-hydrogen) atoms. The van der Waals surface area contributed by atoms with E-state index < -0.39 is 5.97 Å². The number of tetrazole rings is 1.